The first-order chi connectivity index (χ1) is 22.1. The minimum absolute atomic E-state index is 0.0544. The molecule has 4 aliphatic carbocycles. The Hall–Kier alpha value is -3.86. The first-order valence-corrected chi connectivity index (χ1v) is 16.4. The van der Waals surface area contributed by atoms with E-state index in [1.54, 1.807) is 42.9 Å². The van der Waals surface area contributed by atoms with Gasteiger partial charge in [-0.2, -0.15) is 0 Å². The molecule has 3 fully saturated rings. The number of allylic oxidation sites excluding steroid dienone is 4. The lowest BCUT2D eigenvalue weighted by Crippen LogP contribution is -2.68. The number of esters is 2. The SMILES string of the molecule is C[C@@H]1C[C@H]2[C@@H]3CCC4=CC(=O)C=C[C@]4(C)[C@@]3(F)[C@@H](OC(=O)CCC(=O)OCc3cn(C)c4c3ccc[n+]4[O-])C[C@]2(C)[C@@]1(C)C(=O)CO. The molecule has 0 radical (unpaired) electrons. The van der Waals surface area contributed by atoms with Gasteiger partial charge in [-0.25, -0.2) is 13.7 Å². The van der Waals surface area contributed by atoms with Crippen molar-refractivity contribution >= 4 is 34.5 Å². The van der Waals surface area contributed by atoms with Crippen LogP contribution in [0.3, 0.4) is 0 Å². The van der Waals surface area contributed by atoms with Crippen molar-refractivity contribution in [3.05, 3.63) is 59.1 Å². The number of nitrogens with zero attached hydrogens (tertiary/aromatic N) is 2. The average molecular weight is 651 g/mol. The van der Waals surface area contributed by atoms with Gasteiger partial charge < -0.3 is 19.8 Å². The molecule has 0 aromatic carbocycles. The van der Waals surface area contributed by atoms with Gasteiger partial charge in [0.05, 0.1) is 37.7 Å². The van der Waals surface area contributed by atoms with Crippen molar-refractivity contribution in [3.8, 4) is 0 Å². The zero-order valence-electron chi connectivity index (χ0n) is 27.6. The Kier molecular flexibility index (Phi) is 8.01. The van der Waals surface area contributed by atoms with Crippen LogP contribution >= 0.6 is 0 Å². The van der Waals surface area contributed by atoms with E-state index in [0.29, 0.717) is 41.4 Å². The number of halogens is 1. The topological polar surface area (TPSA) is 139 Å². The molecule has 11 heteroatoms. The molecule has 1 N–H and O–H groups in total. The normalized spacial score (nSPS) is 35.9. The van der Waals surface area contributed by atoms with Crippen molar-refractivity contribution in [1.29, 1.82) is 0 Å². The maximum atomic E-state index is 18.3. The maximum absolute atomic E-state index is 18.3. The molecule has 2 aromatic rings. The van der Waals surface area contributed by atoms with Gasteiger partial charge in [0.2, 0.25) is 0 Å². The van der Waals surface area contributed by atoms with Crippen LogP contribution in [0.5, 0.6) is 0 Å². The lowest BCUT2D eigenvalue weighted by molar-refractivity contribution is -0.580. The number of hydrogen-bond acceptors (Lipinski definition) is 8. The molecule has 0 amide bonds. The van der Waals surface area contributed by atoms with Crippen LogP contribution in [0.2, 0.25) is 0 Å². The first kappa shape index (κ1) is 33.1. The first-order valence-electron chi connectivity index (χ1n) is 16.4. The van der Waals surface area contributed by atoms with Crippen LogP contribution in [0.25, 0.3) is 11.0 Å². The highest BCUT2D eigenvalue weighted by Gasteiger charge is 2.75. The second kappa shape index (κ2) is 11.4. The van der Waals surface area contributed by atoms with Gasteiger partial charge in [-0.1, -0.05) is 32.4 Å². The van der Waals surface area contributed by atoms with Gasteiger partial charge in [0.25, 0.3) is 5.65 Å². The molecule has 252 valence electrons. The molecule has 2 heterocycles. The zero-order chi connectivity index (χ0) is 34.1. The number of ether oxygens (including phenoxy) is 2. The summed E-state index contributed by atoms with van der Waals surface area (Å²) in [7, 11) is 1.72. The standard InChI is InChI=1S/C36H43FN2O8/c1-21-15-27-26-9-8-23-16-24(41)12-13-33(23,2)36(26,37)29(17-34(27,3)35(21,4)28(42)19-40)47-31(44)11-10-30(43)46-20-22-18-38(5)32-25(22)7-6-14-39(32)45/h6-7,12-14,16,18,21,26-27,29,40H,8-11,15,17,19-20H2,1-5H3/t21-,26+,27+,29+,33+,34+,35-,36+/m1/s1. The van der Waals surface area contributed by atoms with Crippen LogP contribution < -0.4 is 4.73 Å². The summed E-state index contributed by atoms with van der Waals surface area (Å²) in [4.78, 5) is 51.8. The summed E-state index contributed by atoms with van der Waals surface area (Å²) in [6, 6.07) is 3.36. The predicted molar refractivity (Wildman–Crippen MR) is 168 cm³/mol. The fourth-order valence-electron chi connectivity index (χ4n) is 9.83. The van der Waals surface area contributed by atoms with Crippen LogP contribution in [-0.2, 0) is 42.3 Å². The number of aryl methyl sites for hydroxylation is 1. The van der Waals surface area contributed by atoms with E-state index in [2.05, 4.69) is 0 Å². The van der Waals surface area contributed by atoms with Crippen molar-refractivity contribution in [2.45, 2.75) is 84.6 Å². The maximum Gasteiger partial charge on any atom is 0.306 e. The summed E-state index contributed by atoms with van der Waals surface area (Å²) in [6.45, 7) is 6.80. The third-order valence-electron chi connectivity index (χ3n) is 12.7. The Bertz CT molecular complexity index is 1730. The number of carbonyl (C=O) groups is 4. The highest BCUT2D eigenvalue weighted by atomic mass is 19.1. The molecule has 3 saturated carbocycles. The van der Waals surface area contributed by atoms with E-state index in [1.165, 1.54) is 18.3 Å². The summed E-state index contributed by atoms with van der Waals surface area (Å²) < 4.78 is 32.1. The summed E-state index contributed by atoms with van der Waals surface area (Å²) in [5, 5.41) is 22.8. The van der Waals surface area contributed by atoms with Crippen molar-refractivity contribution in [3.63, 3.8) is 0 Å². The molecule has 47 heavy (non-hydrogen) atoms. The number of rotatable bonds is 8. The summed E-state index contributed by atoms with van der Waals surface area (Å²) in [6.07, 6.45) is 7.22. The van der Waals surface area contributed by atoms with E-state index in [0.717, 1.165) is 4.73 Å². The van der Waals surface area contributed by atoms with Crippen LogP contribution in [-0.4, -0.2) is 51.6 Å². The summed E-state index contributed by atoms with van der Waals surface area (Å²) in [5.41, 5.74) is -3.31. The minimum Gasteiger partial charge on any atom is -0.711 e. The highest BCUT2D eigenvalue weighted by Crippen LogP contribution is 2.73. The second-order valence-electron chi connectivity index (χ2n) is 14.6. The summed E-state index contributed by atoms with van der Waals surface area (Å²) >= 11 is 0. The molecule has 2 aromatic heterocycles. The number of aliphatic hydroxyl groups excluding tert-OH is 1. The van der Waals surface area contributed by atoms with Gasteiger partial charge in [0, 0.05) is 22.3 Å². The van der Waals surface area contributed by atoms with E-state index >= 15 is 4.39 Å². The van der Waals surface area contributed by atoms with Crippen molar-refractivity contribution < 1.29 is 42.9 Å². The van der Waals surface area contributed by atoms with Crippen molar-refractivity contribution in [2.24, 2.45) is 41.0 Å². The molecular formula is C36H43FN2O8. The molecule has 0 aliphatic heterocycles. The second-order valence-corrected chi connectivity index (χ2v) is 14.6. The molecule has 4 aliphatic rings. The number of carbonyl (C=O) groups excluding carboxylic acids is 4. The molecule has 0 spiro atoms. The van der Waals surface area contributed by atoms with Crippen LogP contribution in [0.1, 0.15) is 71.8 Å². The lowest BCUT2D eigenvalue weighted by Gasteiger charge is -2.63. The van der Waals surface area contributed by atoms with Gasteiger partial charge in [0.1, 0.15) is 19.3 Å². The van der Waals surface area contributed by atoms with Gasteiger partial charge in [0.15, 0.2) is 17.2 Å². The van der Waals surface area contributed by atoms with E-state index < -0.39 is 52.5 Å². The van der Waals surface area contributed by atoms with Crippen molar-refractivity contribution in [2.75, 3.05) is 6.61 Å². The third kappa shape index (κ3) is 4.70. The fraction of sp³-hybridized carbons (Fsp3) is 0.583. The van der Waals surface area contributed by atoms with Gasteiger partial charge in [-0.3, -0.25) is 19.2 Å². The number of Topliss-reactive ketones (excluding diaryl/α,β-unsaturated/α-hetero) is 1. The zero-order valence-corrected chi connectivity index (χ0v) is 27.6. The van der Waals surface area contributed by atoms with Crippen LogP contribution in [0.4, 0.5) is 4.39 Å². The minimum atomic E-state index is -2.07. The van der Waals surface area contributed by atoms with Crippen LogP contribution in [0, 0.1) is 39.2 Å². The molecule has 6 rings (SSSR count). The monoisotopic (exact) mass is 650 g/mol. The average Bonchev–Trinajstić information content (AvgIpc) is 3.46. The number of hydrogen-bond donors (Lipinski definition) is 1. The Morgan fingerprint density at radius 2 is 1.89 bits per heavy atom. The number of alkyl halides is 1. The third-order valence-corrected chi connectivity index (χ3v) is 12.7. The number of ketones is 2. The lowest BCUT2D eigenvalue weighted by atomic mass is 9.43. The fourth-order valence-corrected chi connectivity index (χ4v) is 9.83. The molecule has 10 nitrogen and oxygen atoms in total. The van der Waals surface area contributed by atoms with Gasteiger partial charge >= 0.3 is 11.9 Å². The van der Waals surface area contributed by atoms with E-state index in [1.807, 2.05) is 20.8 Å². The molecule has 0 unspecified atom stereocenters. The van der Waals surface area contributed by atoms with Crippen LogP contribution in [0.15, 0.2) is 48.3 Å². The Morgan fingerprint density at radius 1 is 1.17 bits per heavy atom. The summed E-state index contributed by atoms with van der Waals surface area (Å²) in [5.74, 6) is -2.87. The number of aromatic nitrogens is 2. The molecule has 8 atom stereocenters. The number of fused-ring (bicyclic) bond motifs is 6. The Labute approximate surface area is 273 Å². The Morgan fingerprint density at radius 3 is 2.62 bits per heavy atom. The largest absolute Gasteiger partial charge is 0.711 e. The van der Waals surface area contributed by atoms with Crippen molar-refractivity contribution in [1.82, 2.24) is 4.57 Å². The van der Waals surface area contributed by atoms with E-state index in [9.17, 15) is 29.5 Å². The van der Waals surface area contributed by atoms with Gasteiger partial charge in [-0.15, -0.1) is 0 Å². The molecule has 0 saturated heterocycles. The predicted octanol–water partition coefficient (Wildman–Crippen LogP) is 4.37. The van der Waals surface area contributed by atoms with E-state index in [4.69, 9.17) is 9.47 Å². The number of aliphatic hydroxyl groups is 1. The number of pyridine rings is 1. The molecule has 0 bridgehead atoms. The van der Waals surface area contributed by atoms with E-state index in [-0.39, 0.29) is 49.3 Å². The smallest absolute Gasteiger partial charge is 0.306 e. The highest BCUT2D eigenvalue weighted by molar-refractivity contribution is 6.01. The quantitative estimate of drug-likeness (QED) is 0.253. The van der Waals surface area contributed by atoms with Gasteiger partial charge in [-0.05, 0) is 74.1 Å². The Balaban J connectivity index is 1.23. The molecular weight excluding hydrogens is 607 g/mol.